The normalized spacial score (nSPS) is 17.8. The van der Waals surface area contributed by atoms with E-state index in [9.17, 15) is 13.2 Å². The highest BCUT2D eigenvalue weighted by atomic mass is 35.5. The fraction of sp³-hybridized carbons (Fsp3) is 0.462. The lowest BCUT2D eigenvalue weighted by Gasteiger charge is -2.19. The molecule has 1 unspecified atom stereocenters. The smallest absolute Gasteiger partial charge is 0.308 e. The molecule has 3 heterocycles. The van der Waals surface area contributed by atoms with Crippen LogP contribution in [0.5, 0.6) is 0 Å². The monoisotopic (exact) mass is 333 g/mol. The number of fused-ring (bicyclic) bond motifs is 1. The van der Waals surface area contributed by atoms with Crippen LogP contribution in [0.25, 0.3) is 11.4 Å². The van der Waals surface area contributed by atoms with Crippen LogP contribution in [-0.4, -0.2) is 26.3 Å². The molecule has 0 amide bonds. The lowest BCUT2D eigenvalue weighted by Crippen LogP contribution is -2.27. The fourth-order valence-electron chi connectivity index (χ4n) is 2.64. The molecule has 3 rings (SSSR count). The summed E-state index contributed by atoms with van der Waals surface area (Å²) in [5.41, 5.74) is 2.70. The van der Waals surface area contributed by atoms with Crippen molar-refractivity contribution in [2.75, 3.05) is 6.54 Å². The molecule has 1 N–H and O–H groups in total. The summed E-state index contributed by atoms with van der Waals surface area (Å²) in [6.07, 6.45) is -2.70. The van der Waals surface area contributed by atoms with Gasteiger partial charge in [-0.25, -0.2) is 9.97 Å². The van der Waals surface area contributed by atoms with Crippen LogP contribution in [0.1, 0.15) is 30.0 Å². The lowest BCUT2D eigenvalue weighted by molar-refractivity contribution is -0.144. The first-order valence-corrected chi connectivity index (χ1v) is 6.57. The minimum absolute atomic E-state index is 0. The molecular weight excluding hydrogens is 319 g/mol. The molecule has 22 heavy (non-hydrogen) atoms. The topological polar surface area (TPSA) is 55.6 Å². The van der Waals surface area contributed by atoms with Crippen molar-refractivity contribution in [2.24, 2.45) is 7.05 Å². The van der Waals surface area contributed by atoms with Crippen LogP contribution in [0.15, 0.2) is 12.3 Å². The Labute approximate surface area is 131 Å². The molecule has 0 aliphatic carbocycles. The van der Waals surface area contributed by atoms with Gasteiger partial charge < -0.3 is 5.32 Å². The zero-order valence-corrected chi connectivity index (χ0v) is 12.8. The number of nitrogens with zero attached hydrogens (tertiary/aromatic N) is 4. The number of nitrogens with one attached hydrogen (secondary N) is 1. The van der Waals surface area contributed by atoms with Gasteiger partial charge in [-0.15, -0.1) is 12.4 Å². The molecule has 120 valence electrons. The Hall–Kier alpha value is -1.67. The number of aryl methyl sites for hydroxylation is 1. The van der Waals surface area contributed by atoms with Gasteiger partial charge in [0.25, 0.3) is 0 Å². The van der Waals surface area contributed by atoms with Gasteiger partial charge >= 0.3 is 6.18 Å². The number of halogens is 4. The zero-order chi connectivity index (χ0) is 15.2. The van der Waals surface area contributed by atoms with Gasteiger partial charge in [0, 0.05) is 24.8 Å². The number of aromatic nitrogens is 4. The second-order valence-corrected chi connectivity index (χ2v) is 5.03. The molecule has 0 radical (unpaired) electrons. The van der Waals surface area contributed by atoms with Gasteiger partial charge in [-0.3, -0.25) is 4.68 Å². The molecule has 0 aromatic carbocycles. The Morgan fingerprint density at radius 1 is 1.36 bits per heavy atom. The number of rotatable bonds is 1. The summed E-state index contributed by atoms with van der Waals surface area (Å²) >= 11 is 0. The van der Waals surface area contributed by atoms with Crippen LogP contribution < -0.4 is 5.32 Å². The van der Waals surface area contributed by atoms with Crippen molar-refractivity contribution in [2.45, 2.75) is 25.6 Å². The minimum atomic E-state index is -4.55. The minimum Gasteiger partial charge on any atom is -0.308 e. The Kier molecular flexibility index (Phi) is 4.44. The zero-order valence-electron chi connectivity index (χ0n) is 12.0. The number of hydrogen-bond acceptors (Lipinski definition) is 4. The van der Waals surface area contributed by atoms with Crippen molar-refractivity contribution in [3.05, 3.63) is 29.3 Å². The van der Waals surface area contributed by atoms with E-state index in [1.807, 2.05) is 6.92 Å². The maximum absolute atomic E-state index is 12.8. The summed E-state index contributed by atoms with van der Waals surface area (Å²) in [4.78, 5) is 6.96. The van der Waals surface area contributed by atoms with E-state index in [0.29, 0.717) is 12.1 Å². The maximum atomic E-state index is 12.8. The van der Waals surface area contributed by atoms with E-state index >= 15 is 0 Å². The molecule has 2 aromatic heterocycles. The summed E-state index contributed by atoms with van der Waals surface area (Å²) in [6.45, 7) is 2.75. The number of alkyl halides is 3. The van der Waals surface area contributed by atoms with Crippen LogP contribution in [0, 0.1) is 0 Å². The van der Waals surface area contributed by atoms with Crippen molar-refractivity contribution in [3.8, 4) is 11.4 Å². The summed E-state index contributed by atoms with van der Waals surface area (Å²) < 4.78 is 39.9. The highest BCUT2D eigenvalue weighted by Gasteiger charge is 2.35. The molecule has 0 bridgehead atoms. The van der Waals surface area contributed by atoms with Gasteiger partial charge in [0.15, 0.2) is 0 Å². The second kappa shape index (κ2) is 5.85. The van der Waals surface area contributed by atoms with Gasteiger partial charge in [0.05, 0.1) is 17.1 Å². The number of hydrogen-bond donors (Lipinski definition) is 1. The molecule has 0 saturated carbocycles. The van der Waals surface area contributed by atoms with E-state index in [4.69, 9.17) is 0 Å². The second-order valence-electron chi connectivity index (χ2n) is 5.03. The predicted molar refractivity (Wildman–Crippen MR) is 76.6 cm³/mol. The first-order chi connectivity index (χ1) is 9.88. The van der Waals surface area contributed by atoms with Crippen LogP contribution >= 0.6 is 12.4 Å². The molecule has 1 aliphatic rings. The molecule has 5 nitrogen and oxygen atoms in total. The first kappa shape index (κ1) is 16.7. The largest absolute Gasteiger partial charge is 0.451 e. The van der Waals surface area contributed by atoms with Gasteiger partial charge in [-0.2, -0.15) is 18.3 Å². The van der Waals surface area contributed by atoms with E-state index < -0.39 is 12.0 Å². The van der Waals surface area contributed by atoms with E-state index in [2.05, 4.69) is 20.4 Å². The van der Waals surface area contributed by atoms with Crippen LogP contribution in [0.2, 0.25) is 0 Å². The lowest BCUT2D eigenvalue weighted by atomic mass is 9.99. The average molecular weight is 334 g/mol. The third-order valence-electron chi connectivity index (χ3n) is 3.56. The van der Waals surface area contributed by atoms with Gasteiger partial charge in [-0.1, -0.05) is 0 Å². The van der Waals surface area contributed by atoms with Gasteiger partial charge in [0.2, 0.25) is 5.82 Å². The molecule has 9 heteroatoms. The molecule has 0 saturated heterocycles. The molecule has 1 atom stereocenters. The Bertz CT molecular complexity index is 683. The summed E-state index contributed by atoms with van der Waals surface area (Å²) in [5.74, 6) is -1.13. The van der Waals surface area contributed by atoms with E-state index in [-0.39, 0.29) is 24.1 Å². The molecule has 0 fully saturated rings. The third-order valence-corrected chi connectivity index (χ3v) is 3.56. The summed E-state index contributed by atoms with van der Waals surface area (Å²) in [5, 5.41) is 7.69. The standard InChI is InChI=1S/C13H14F3N5.ClH/c1-7-10-8(3-5-17-7)11(21(2)20-10)9-4-6-18-12(19-9)13(14,15)16;/h4,6-7,17H,3,5H2,1-2H3;1H. The fourth-order valence-corrected chi connectivity index (χ4v) is 2.64. The maximum Gasteiger partial charge on any atom is 0.451 e. The highest BCUT2D eigenvalue weighted by Crippen LogP contribution is 2.32. The SMILES string of the molecule is CC1NCCc2c1nn(C)c2-c1ccnc(C(F)(F)F)n1.Cl. The van der Waals surface area contributed by atoms with E-state index in [1.54, 1.807) is 11.7 Å². The third kappa shape index (κ3) is 2.80. The van der Waals surface area contributed by atoms with Crippen LogP contribution in [0.3, 0.4) is 0 Å². The average Bonchev–Trinajstić information content (AvgIpc) is 2.76. The van der Waals surface area contributed by atoms with Crippen molar-refractivity contribution in [1.29, 1.82) is 0 Å². The summed E-state index contributed by atoms with van der Waals surface area (Å²) in [7, 11) is 1.72. The van der Waals surface area contributed by atoms with Crippen molar-refractivity contribution in [3.63, 3.8) is 0 Å². The first-order valence-electron chi connectivity index (χ1n) is 6.57. The highest BCUT2D eigenvalue weighted by molar-refractivity contribution is 5.85. The summed E-state index contributed by atoms with van der Waals surface area (Å²) in [6, 6.07) is 1.57. The Morgan fingerprint density at radius 3 is 2.77 bits per heavy atom. The van der Waals surface area contributed by atoms with Crippen molar-refractivity contribution >= 4 is 12.4 Å². The van der Waals surface area contributed by atoms with Crippen molar-refractivity contribution in [1.82, 2.24) is 25.1 Å². The van der Waals surface area contributed by atoms with Crippen LogP contribution in [0.4, 0.5) is 13.2 Å². The van der Waals surface area contributed by atoms with Gasteiger partial charge in [-0.05, 0) is 26.0 Å². The van der Waals surface area contributed by atoms with Crippen LogP contribution in [-0.2, 0) is 19.6 Å². The van der Waals surface area contributed by atoms with E-state index in [0.717, 1.165) is 24.0 Å². The molecular formula is C13H15ClF3N5. The van der Waals surface area contributed by atoms with E-state index in [1.165, 1.54) is 6.07 Å². The predicted octanol–water partition coefficient (Wildman–Crippen LogP) is 2.52. The Morgan fingerprint density at radius 2 is 2.09 bits per heavy atom. The van der Waals surface area contributed by atoms with Gasteiger partial charge in [0.1, 0.15) is 0 Å². The quantitative estimate of drug-likeness (QED) is 0.871. The molecule has 1 aliphatic heterocycles. The molecule has 2 aromatic rings. The Balaban J connectivity index is 0.00000176. The molecule has 0 spiro atoms. The van der Waals surface area contributed by atoms with Crippen molar-refractivity contribution < 1.29 is 13.2 Å².